The second-order valence-corrected chi connectivity index (χ2v) is 6.15. The molecule has 21 heavy (non-hydrogen) atoms. The molecule has 0 aromatic heterocycles. The molecule has 3 rings (SSSR count). The first kappa shape index (κ1) is 14.5. The van der Waals surface area contributed by atoms with Gasteiger partial charge in [-0.15, -0.1) is 0 Å². The minimum absolute atomic E-state index is 0.327. The molecule has 1 aromatic carbocycles. The maximum Gasteiger partial charge on any atom is 0.338 e. The molecule has 2 bridgehead atoms. The number of benzene rings is 1. The Hall–Kier alpha value is -1.39. The van der Waals surface area contributed by atoms with Crippen LogP contribution >= 0.6 is 11.6 Å². The smallest absolute Gasteiger partial charge is 0.338 e. The fraction of sp³-hybridized carbons (Fsp3) is 0.500. The van der Waals surface area contributed by atoms with Gasteiger partial charge >= 0.3 is 5.97 Å². The van der Waals surface area contributed by atoms with Crippen LogP contribution in [0.25, 0.3) is 0 Å². The summed E-state index contributed by atoms with van der Waals surface area (Å²) in [6.07, 6.45) is 3.48. The van der Waals surface area contributed by atoms with Crippen LogP contribution in [0.5, 0.6) is 0 Å². The molecule has 0 amide bonds. The van der Waals surface area contributed by atoms with Crippen LogP contribution in [0.1, 0.15) is 36.0 Å². The lowest BCUT2D eigenvalue weighted by Gasteiger charge is -2.33. The summed E-state index contributed by atoms with van der Waals surface area (Å²) in [5.74, 6) is 0.0454. The highest BCUT2D eigenvalue weighted by Crippen LogP contribution is 2.33. The van der Waals surface area contributed by atoms with Gasteiger partial charge in [0.25, 0.3) is 0 Å². The number of esters is 1. The predicted molar refractivity (Wildman–Crippen MR) is 79.5 cm³/mol. The summed E-state index contributed by atoms with van der Waals surface area (Å²) >= 11 is 5.79. The molecular formula is C16H18ClNO3. The van der Waals surface area contributed by atoms with Gasteiger partial charge in [-0.1, -0.05) is 11.6 Å². The zero-order chi connectivity index (χ0) is 14.8. The van der Waals surface area contributed by atoms with Crippen LogP contribution in [0, 0.1) is 0 Å². The zero-order valence-corrected chi connectivity index (χ0v) is 12.5. The average Bonchev–Trinajstić information content (AvgIpc) is 2.70. The van der Waals surface area contributed by atoms with E-state index < -0.39 is 0 Å². The Kier molecular flexibility index (Phi) is 4.27. The quantitative estimate of drug-likeness (QED) is 0.802. The molecule has 2 atom stereocenters. The van der Waals surface area contributed by atoms with Gasteiger partial charge in [-0.05, 0) is 37.1 Å². The van der Waals surface area contributed by atoms with Crippen molar-refractivity contribution in [2.45, 2.75) is 37.8 Å². The monoisotopic (exact) mass is 307 g/mol. The van der Waals surface area contributed by atoms with Crippen molar-refractivity contribution in [3.63, 3.8) is 0 Å². The molecule has 0 radical (unpaired) electrons. The molecule has 0 unspecified atom stereocenters. The van der Waals surface area contributed by atoms with Crippen LogP contribution in [0.4, 0.5) is 0 Å². The topological polar surface area (TPSA) is 46.6 Å². The lowest BCUT2D eigenvalue weighted by atomic mass is 10.0. The van der Waals surface area contributed by atoms with Crippen molar-refractivity contribution in [2.24, 2.45) is 0 Å². The van der Waals surface area contributed by atoms with Crippen molar-refractivity contribution in [3.8, 4) is 0 Å². The van der Waals surface area contributed by atoms with E-state index in [-0.39, 0.29) is 5.97 Å². The van der Waals surface area contributed by atoms with Gasteiger partial charge in [-0.2, -0.15) is 0 Å². The summed E-state index contributed by atoms with van der Waals surface area (Å²) in [7, 11) is 0. The Morgan fingerprint density at radius 1 is 1.19 bits per heavy atom. The van der Waals surface area contributed by atoms with Crippen LogP contribution in [0.2, 0.25) is 5.02 Å². The molecule has 5 heteroatoms. The number of hydrogen-bond acceptors (Lipinski definition) is 4. The lowest BCUT2D eigenvalue weighted by molar-refractivity contribution is -0.123. The highest BCUT2D eigenvalue weighted by atomic mass is 35.5. The summed E-state index contributed by atoms with van der Waals surface area (Å²) in [5, 5.41) is 0.598. The number of rotatable bonds is 4. The number of carbonyl (C=O) groups is 2. The van der Waals surface area contributed by atoms with E-state index in [1.165, 1.54) is 0 Å². The molecule has 0 spiro atoms. The summed E-state index contributed by atoms with van der Waals surface area (Å²) in [4.78, 5) is 25.8. The maximum absolute atomic E-state index is 11.9. The van der Waals surface area contributed by atoms with E-state index in [1.54, 1.807) is 24.3 Å². The first-order chi connectivity index (χ1) is 10.1. The lowest BCUT2D eigenvalue weighted by Crippen LogP contribution is -2.44. The van der Waals surface area contributed by atoms with Crippen molar-refractivity contribution >= 4 is 23.4 Å². The first-order valence-corrected chi connectivity index (χ1v) is 7.71. The average molecular weight is 308 g/mol. The third kappa shape index (κ3) is 3.27. The van der Waals surface area contributed by atoms with E-state index in [2.05, 4.69) is 4.90 Å². The Bertz CT molecular complexity index is 527. The Morgan fingerprint density at radius 2 is 1.81 bits per heavy atom. The maximum atomic E-state index is 11.9. The molecule has 0 N–H and O–H groups in total. The van der Waals surface area contributed by atoms with Crippen molar-refractivity contribution in [2.75, 3.05) is 13.2 Å². The van der Waals surface area contributed by atoms with Gasteiger partial charge in [0.05, 0.1) is 5.56 Å². The summed E-state index contributed by atoms with van der Waals surface area (Å²) in [6, 6.07) is 7.38. The van der Waals surface area contributed by atoms with E-state index in [0.717, 1.165) is 12.8 Å². The van der Waals surface area contributed by atoms with Gasteiger partial charge in [0.2, 0.25) is 0 Å². The number of Topliss-reactive ketones (excluding diaryl/α,β-unsaturated/α-hetero) is 1. The van der Waals surface area contributed by atoms with E-state index >= 15 is 0 Å². The molecule has 2 heterocycles. The third-order valence-corrected chi connectivity index (χ3v) is 4.61. The standard InChI is InChI=1S/C16H18ClNO3/c17-12-3-1-11(2-4-12)16(20)21-8-7-18-13-5-6-14(18)10-15(19)9-13/h1-4,13-14H,5-10H2/t13-,14+. The third-order valence-electron chi connectivity index (χ3n) is 4.36. The fourth-order valence-corrected chi connectivity index (χ4v) is 3.47. The Labute approximate surface area is 129 Å². The molecule has 2 aliphatic rings. The predicted octanol–water partition coefficient (Wildman–Crippen LogP) is 2.69. The van der Waals surface area contributed by atoms with Crippen LogP contribution in [-0.4, -0.2) is 41.9 Å². The number of ketones is 1. The van der Waals surface area contributed by atoms with Crippen molar-refractivity contribution < 1.29 is 14.3 Å². The number of halogens is 1. The van der Waals surface area contributed by atoms with Crippen molar-refractivity contribution in [1.29, 1.82) is 0 Å². The van der Waals surface area contributed by atoms with E-state index in [9.17, 15) is 9.59 Å². The minimum Gasteiger partial charge on any atom is -0.461 e. The number of fused-ring (bicyclic) bond motifs is 2. The van der Waals surface area contributed by atoms with Crippen LogP contribution < -0.4 is 0 Å². The van der Waals surface area contributed by atoms with Gasteiger partial charge in [-0.25, -0.2) is 4.79 Å². The second-order valence-electron chi connectivity index (χ2n) is 5.71. The molecule has 0 aliphatic carbocycles. The summed E-state index contributed by atoms with van der Waals surface area (Å²) in [6.45, 7) is 1.07. The number of piperidine rings is 1. The molecule has 0 saturated carbocycles. The molecule has 2 saturated heterocycles. The van der Waals surface area contributed by atoms with Crippen LogP contribution in [0.15, 0.2) is 24.3 Å². The van der Waals surface area contributed by atoms with E-state index in [0.29, 0.717) is 54.4 Å². The molecule has 2 fully saturated rings. The number of hydrogen-bond donors (Lipinski definition) is 0. The van der Waals surface area contributed by atoms with Gasteiger partial charge in [0, 0.05) is 36.5 Å². The first-order valence-electron chi connectivity index (χ1n) is 7.33. The van der Waals surface area contributed by atoms with Crippen molar-refractivity contribution in [1.82, 2.24) is 4.90 Å². The highest BCUT2D eigenvalue weighted by Gasteiger charge is 2.39. The zero-order valence-electron chi connectivity index (χ0n) is 11.8. The highest BCUT2D eigenvalue weighted by molar-refractivity contribution is 6.30. The van der Waals surface area contributed by atoms with Crippen LogP contribution in [0.3, 0.4) is 0 Å². The number of nitrogens with zero attached hydrogens (tertiary/aromatic N) is 1. The Balaban J connectivity index is 1.49. The molecule has 112 valence electrons. The van der Waals surface area contributed by atoms with Crippen LogP contribution in [-0.2, 0) is 9.53 Å². The minimum atomic E-state index is -0.327. The van der Waals surface area contributed by atoms with Crippen molar-refractivity contribution in [3.05, 3.63) is 34.9 Å². The normalized spacial score (nSPS) is 25.1. The molecule has 1 aromatic rings. The van der Waals surface area contributed by atoms with Gasteiger partial charge < -0.3 is 4.74 Å². The SMILES string of the molecule is O=C1C[C@H]2CC[C@@H](C1)N2CCOC(=O)c1ccc(Cl)cc1. The van der Waals surface area contributed by atoms with Gasteiger partial charge in [0.1, 0.15) is 12.4 Å². The molecule has 2 aliphatic heterocycles. The van der Waals surface area contributed by atoms with E-state index in [1.807, 2.05) is 0 Å². The summed E-state index contributed by atoms with van der Waals surface area (Å²) in [5.41, 5.74) is 0.510. The largest absolute Gasteiger partial charge is 0.461 e. The van der Waals surface area contributed by atoms with Gasteiger partial charge in [0.15, 0.2) is 0 Å². The fourth-order valence-electron chi connectivity index (χ4n) is 3.34. The Morgan fingerprint density at radius 3 is 2.43 bits per heavy atom. The molecule has 4 nitrogen and oxygen atoms in total. The second kappa shape index (κ2) is 6.16. The van der Waals surface area contributed by atoms with Gasteiger partial charge in [-0.3, -0.25) is 9.69 Å². The molecular weight excluding hydrogens is 290 g/mol. The number of ether oxygens (including phenoxy) is 1. The number of carbonyl (C=O) groups excluding carboxylic acids is 2. The van der Waals surface area contributed by atoms with E-state index in [4.69, 9.17) is 16.3 Å². The summed E-state index contributed by atoms with van der Waals surface area (Å²) < 4.78 is 5.31.